The highest BCUT2D eigenvalue weighted by Gasteiger charge is 2.16. The molecule has 148 valence electrons. The average Bonchev–Trinajstić information content (AvgIpc) is 2.68. The van der Waals surface area contributed by atoms with Gasteiger partial charge in [-0.15, -0.1) is 0 Å². The van der Waals surface area contributed by atoms with E-state index in [9.17, 15) is 9.59 Å². The summed E-state index contributed by atoms with van der Waals surface area (Å²) in [6.45, 7) is 6.37. The van der Waals surface area contributed by atoms with Gasteiger partial charge >= 0.3 is 0 Å². The second kappa shape index (κ2) is 8.19. The number of carbonyl (C=O) groups excluding carboxylic acids is 2. The van der Waals surface area contributed by atoms with Crippen LogP contribution in [0.25, 0.3) is 0 Å². The van der Waals surface area contributed by atoms with Crippen LogP contribution in [0.4, 0.5) is 17.1 Å². The number of anilines is 3. The summed E-state index contributed by atoms with van der Waals surface area (Å²) in [6, 6.07) is 21.3. The maximum absolute atomic E-state index is 12.7. The standard InChI is InChI=1S/C24H25N3O2/c1-24(2,3)17-13-11-16(12-14-17)22(28)27-21-10-5-4-9-20(21)23(29)26-19-8-6-7-18(25)15-19/h4-15H,25H2,1-3H3,(H,26,29)(H,27,28). The molecule has 3 aromatic carbocycles. The number of nitrogens with two attached hydrogens (primary N) is 1. The number of amides is 2. The fraction of sp³-hybridized carbons (Fsp3) is 0.167. The molecule has 2 amide bonds. The number of nitrogens with one attached hydrogen (secondary N) is 2. The first-order valence-corrected chi connectivity index (χ1v) is 9.42. The molecule has 0 bridgehead atoms. The van der Waals surface area contributed by atoms with Gasteiger partial charge in [0.2, 0.25) is 0 Å². The van der Waals surface area contributed by atoms with E-state index in [-0.39, 0.29) is 17.2 Å². The number of para-hydroxylation sites is 1. The number of nitrogen functional groups attached to an aromatic ring is 1. The Bertz CT molecular complexity index is 1030. The molecular weight excluding hydrogens is 362 g/mol. The van der Waals surface area contributed by atoms with Crippen LogP contribution in [0, 0.1) is 0 Å². The van der Waals surface area contributed by atoms with Crippen LogP contribution in [0.5, 0.6) is 0 Å². The Morgan fingerprint density at radius 3 is 2.14 bits per heavy atom. The Labute approximate surface area is 170 Å². The Hall–Kier alpha value is -3.60. The fourth-order valence-corrected chi connectivity index (χ4v) is 2.92. The van der Waals surface area contributed by atoms with Crippen molar-refractivity contribution in [2.45, 2.75) is 26.2 Å². The lowest BCUT2D eigenvalue weighted by Gasteiger charge is -2.19. The van der Waals surface area contributed by atoms with Crippen molar-refractivity contribution in [3.05, 3.63) is 89.5 Å². The molecule has 3 aromatic rings. The normalized spacial score (nSPS) is 11.0. The molecule has 0 heterocycles. The summed E-state index contributed by atoms with van der Waals surface area (Å²) in [5.41, 5.74) is 9.42. The highest BCUT2D eigenvalue weighted by Crippen LogP contribution is 2.23. The summed E-state index contributed by atoms with van der Waals surface area (Å²) in [5, 5.41) is 5.64. The Balaban J connectivity index is 1.78. The fourth-order valence-electron chi connectivity index (χ4n) is 2.92. The SMILES string of the molecule is CC(C)(C)c1ccc(C(=O)Nc2ccccc2C(=O)Nc2cccc(N)c2)cc1. The molecule has 0 fully saturated rings. The van der Waals surface area contributed by atoms with Crippen molar-refractivity contribution in [1.82, 2.24) is 0 Å². The van der Waals surface area contributed by atoms with Crippen molar-refractivity contribution in [1.29, 1.82) is 0 Å². The quantitative estimate of drug-likeness (QED) is 0.546. The first-order valence-electron chi connectivity index (χ1n) is 9.42. The van der Waals surface area contributed by atoms with Crippen LogP contribution in [0.2, 0.25) is 0 Å². The number of hydrogen-bond donors (Lipinski definition) is 3. The number of rotatable bonds is 4. The van der Waals surface area contributed by atoms with Crippen LogP contribution in [-0.4, -0.2) is 11.8 Å². The Kier molecular flexibility index (Phi) is 5.69. The number of carbonyl (C=O) groups is 2. The van der Waals surface area contributed by atoms with Crippen molar-refractivity contribution in [2.24, 2.45) is 0 Å². The summed E-state index contributed by atoms with van der Waals surface area (Å²) in [6.07, 6.45) is 0. The predicted octanol–water partition coefficient (Wildman–Crippen LogP) is 5.07. The van der Waals surface area contributed by atoms with Gasteiger partial charge in [0.25, 0.3) is 11.8 Å². The van der Waals surface area contributed by atoms with Gasteiger partial charge in [-0.05, 0) is 53.4 Å². The van der Waals surface area contributed by atoms with Gasteiger partial charge in [0, 0.05) is 16.9 Å². The molecule has 0 aliphatic rings. The Morgan fingerprint density at radius 1 is 0.793 bits per heavy atom. The van der Waals surface area contributed by atoms with E-state index < -0.39 is 0 Å². The van der Waals surface area contributed by atoms with Crippen molar-refractivity contribution >= 4 is 28.9 Å². The molecular formula is C24H25N3O2. The van der Waals surface area contributed by atoms with Crippen molar-refractivity contribution < 1.29 is 9.59 Å². The number of benzene rings is 3. The van der Waals surface area contributed by atoms with Gasteiger partial charge < -0.3 is 16.4 Å². The van der Waals surface area contributed by atoms with Crippen LogP contribution >= 0.6 is 0 Å². The molecule has 29 heavy (non-hydrogen) atoms. The largest absolute Gasteiger partial charge is 0.399 e. The summed E-state index contributed by atoms with van der Waals surface area (Å²) in [5.74, 6) is -0.593. The van der Waals surface area contributed by atoms with Gasteiger partial charge in [-0.1, -0.05) is 51.1 Å². The molecule has 0 radical (unpaired) electrons. The Morgan fingerprint density at radius 2 is 1.48 bits per heavy atom. The summed E-state index contributed by atoms with van der Waals surface area (Å²) >= 11 is 0. The third kappa shape index (κ3) is 5.02. The molecule has 5 nitrogen and oxygen atoms in total. The molecule has 0 aromatic heterocycles. The van der Waals surface area contributed by atoms with Crippen LogP contribution in [0.1, 0.15) is 47.1 Å². The van der Waals surface area contributed by atoms with Gasteiger partial charge in [-0.25, -0.2) is 0 Å². The lowest BCUT2D eigenvalue weighted by molar-refractivity contribution is 0.102. The molecule has 5 heteroatoms. The van der Waals surface area contributed by atoms with E-state index in [1.807, 2.05) is 12.1 Å². The molecule has 0 unspecified atom stereocenters. The average molecular weight is 387 g/mol. The number of hydrogen-bond acceptors (Lipinski definition) is 3. The van der Waals surface area contributed by atoms with Crippen molar-refractivity contribution in [3.63, 3.8) is 0 Å². The first kappa shape index (κ1) is 20.1. The van der Waals surface area contributed by atoms with Crippen molar-refractivity contribution in [3.8, 4) is 0 Å². The molecule has 0 saturated heterocycles. The molecule has 0 aliphatic carbocycles. The van der Waals surface area contributed by atoms with Crippen LogP contribution < -0.4 is 16.4 Å². The molecule has 3 rings (SSSR count). The van der Waals surface area contributed by atoms with Gasteiger partial charge in [0.15, 0.2) is 0 Å². The second-order valence-electron chi connectivity index (χ2n) is 7.91. The molecule has 0 spiro atoms. The van der Waals surface area contributed by atoms with E-state index in [2.05, 4.69) is 31.4 Å². The van der Waals surface area contributed by atoms with Gasteiger partial charge in [0.05, 0.1) is 11.3 Å². The van der Waals surface area contributed by atoms with Crippen LogP contribution in [-0.2, 0) is 5.41 Å². The van der Waals surface area contributed by atoms with E-state index in [1.165, 1.54) is 0 Å². The first-order chi connectivity index (χ1) is 13.7. The summed E-state index contributed by atoms with van der Waals surface area (Å²) in [7, 11) is 0. The maximum atomic E-state index is 12.7. The lowest BCUT2D eigenvalue weighted by atomic mass is 9.86. The monoisotopic (exact) mass is 387 g/mol. The third-order valence-corrected chi connectivity index (χ3v) is 4.58. The van der Waals surface area contributed by atoms with E-state index in [1.54, 1.807) is 60.7 Å². The predicted molar refractivity (Wildman–Crippen MR) is 118 cm³/mol. The van der Waals surface area contributed by atoms with Gasteiger partial charge in [-0.3, -0.25) is 9.59 Å². The minimum atomic E-state index is -0.324. The van der Waals surface area contributed by atoms with E-state index in [0.717, 1.165) is 5.56 Å². The minimum absolute atomic E-state index is 0.0144. The molecule has 0 aliphatic heterocycles. The summed E-state index contributed by atoms with van der Waals surface area (Å²) in [4.78, 5) is 25.4. The van der Waals surface area contributed by atoms with Gasteiger partial charge in [0.1, 0.15) is 0 Å². The topological polar surface area (TPSA) is 84.2 Å². The second-order valence-corrected chi connectivity index (χ2v) is 7.91. The highest BCUT2D eigenvalue weighted by atomic mass is 16.2. The third-order valence-electron chi connectivity index (χ3n) is 4.58. The molecule has 0 saturated carbocycles. The highest BCUT2D eigenvalue weighted by molar-refractivity contribution is 6.12. The van der Waals surface area contributed by atoms with Crippen LogP contribution in [0.3, 0.4) is 0 Å². The van der Waals surface area contributed by atoms with Gasteiger partial charge in [-0.2, -0.15) is 0 Å². The maximum Gasteiger partial charge on any atom is 0.257 e. The van der Waals surface area contributed by atoms with E-state index in [4.69, 9.17) is 5.73 Å². The summed E-state index contributed by atoms with van der Waals surface area (Å²) < 4.78 is 0. The molecule has 4 N–H and O–H groups in total. The smallest absolute Gasteiger partial charge is 0.257 e. The van der Waals surface area contributed by atoms with Crippen molar-refractivity contribution in [2.75, 3.05) is 16.4 Å². The van der Waals surface area contributed by atoms with E-state index >= 15 is 0 Å². The molecule has 0 atom stereocenters. The lowest BCUT2D eigenvalue weighted by Crippen LogP contribution is -2.18. The minimum Gasteiger partial charge on any atom is -0.399 e. The van der Waals surface area contributed by atoms with Crippen LogP contribution in [0.15, 0.2) is 72.8 Å². The zero-order chi connectivity index (χ0) is 21.0. The zero-order valence-electron chi connectivity index (χ0n) is 16.8. The van der Waals surface area contributed by atoms with E-state index in [0.29, 0.717) is 28.2 Å². The zero-order valence-corrected chi connectivity index (χ0v) is 16.8.